The number of nitrogens with zero attached hydrogens (tertiary/aromatic N) is 6. The summed E-state index contributed by atoms with van der Waals surface area (Å²) in [5, 5.41) is 5.91. The molecular formula is C23H21F3N6OS. The molecule has 0 saturated carbocycles. The highest BCUT2D eigenvalue weighted by Crippen LogP contribution is 2.32. The van der Waals surface area contributed by atoms with Gasteiger partial charge >= 0.3 is 6.18 Å². The van der Waals surface area contributed by atoms with Crippen molar-refractivity contribution in [3.8, 4) is 0 Å². The van der Waals surface area contributed by atoms with Gasteiger partial charge in [-0.3, -0.25) is 4.79 Å². The number of fused-ring (bicyclic) bond motifs is 3. The van der Waals surface area contributed by atoms with E-state index in [1.54, 1.807) is 15.5 Å². The molecule has 1 aliphatic rings. The van der Waals surface area contributed by atoms with E-state index in [-0.39, 0.29) is 11.7 Å². The molecule has 0 N–H and O–H groups in total. The van der Waals surface area contributed by atoms with Gasteiger partial charge in [-0.15, -0.1) is 5.10 Å². The Morgan fingerprint density at radius 2 is 1.79 bits per heavy atom. The lowest BCUT2D eigenvalue weighted by Gasteiger charge is -2.36. The van der Waals surface area contributed by atoms with Crippen LogP contribution in [-0.2, 0) is 11.0 Å². The van der Waals surface area contributed by atoms with Crippen LogP contribution < -0.4 is 4.90 Å². The fraction of sp³-hybridized carbons (Fsp3) is 0.304. The van der Waals surface area contributed by atoms with Crippen molar-refractivity contribution >= 4 is 39.9 Å². The van der Waals surface area contributed by atoms with Crippen molar-refractivity contribution in [1.29, 1.82) is 0 Å². The van der Waals surface area contributed by atoms with Gasteiger partial charge in [0.1, 0.15) is 5.82 Å². The summed E-state index contributed by atoms with van der Waals surface area (Å²) >= 11 is 1.30. The van der Waals surface area contributed by atoms with Crippen LogP contribution in [0.25, 0.3) is 16.6 Å². The number of hydrogen-bond donors (Lipinski definition) is 0. The third-order valence-corrected chi connectivity index (χ3v) is 6.66. The molecular weight excluding hydrogens is 465 g/mol. The van der Waals surface area contributed by atoms with Crippen molar-refractivity contribution in [3.05, 3.63) is 59.9 Å². The summed E-state index contributed by atoms with van der Waals surface area (Å²) in [5.41, 5.74) is 1.33. The Morgan fingerprint density at radius 1 is 1.03 bits per heavy atom. The molecule has 0 aliphatic carbocycles. The lowest BCUT2D eigenvalue weighted by Crippen LogP contribution is -2.49. The molecule has 1 saturated heterocycles. The second kappa shape index (κ2) is 8.79. The second-order valence-electron chi connectivity index (χ2n) is 8.01. The lowest BCUT2D eigenvalue weighted by molar-refractivity contribution is -0.137. The van der Waals surface area contributed by atoms with E-state index in [2.05, 4.69) is 15.1 Å². The molecule has 0 bridgehead atoms. The van der Waals surface area contributed by atoms with Crippen molar-refractivity contribution in [2.75, 3.05) is 36.8 Å². The van der Waals surface area contributed by atoms with Gasteiger partial charge in [0, 0.05) is 37.3 Å². The van der Waals surface area contributed by atoms with Crippen LogP contribution in [0.4, 0.5) is 18.9 Å². The summed E-state index contributed by atoms with van der Waals surface area (Å²) in [6.45, 7) is 3.64. The van der Waals surface area contributed by atoms with Crippen molar-refractivity contribution < 1.29 is 18.0 Å². The van der Waals surface area contributed by atoms with Crippen molar-refractivity contribution in [3.63, 3.8) is 0 Å². The number of rotatable bonds is 4. The van der Waals surface area contributed by atoms with Gasteiger partial charge in [-0.05, 0) is 37.3 Å². The fourth-order valence-electron chi connectivity index (χ4n) is 4.04. The number of para-hydroxylation sites is 1. The number of amides is 1. The number of halogens is 3. The number of benzene rings is 2. The average molecular weight is 487 g/mol. The predicted octanol–water partition coefficient (Wildman–Crippen LogP) is 4.05. The molecule has 0 radical (unpaired) electrons. The minimum atomic E-state index is -4.38. The third kappa shape index (κ3) is 4.39. The molecule has 2 aromatic carbocycles. The number of aromatic nitrogens is 4. The summed E-state index contributed by atoms with van der Waals surface area (Å²) < 4.78 is 40.7. The first-order chi connectivity index (χ1) is 16.3. The lowest BCUT2D eigenvalue weighted by atomic mass is 10.1. The molecule has 2 aromatic heterocycles. The van der Waals surface area contributed by atoms with Crippen molar-refractivity contribution in [1.82, 2.24) is 24.5 Å². The van der Waals surface area contributed by atoms with Crippen LogP contribution in [0, 0.1) is 6.92 Å². The molecule has 4 aromatic rings. The first kappa shape index (κ1) is 22.5. The zero-order valence-corrected chi connectivity index (χ0v) is 19.1. The Morgan fingerprint density at radius 3 is 2.56 bits per heavy atom. The molecule has 176 valence electrons. The minimum absolute atomic E-state index is 0.0476. The number of alkyl halides is 3. The first-order valence-corrected chi connectivity index (χ1v) is 11.7. The topological polar surface area (TPSA) is 66.6 Å². The van der Waals surface area contributed by atoms with Gasteiger partial charge in [-0.2, -0.15) is 17.7 Å². The van der Waals surface area contributed by atoms with E-state index in [0.29, 0.717) is 48.5 Å². The number of piperazine rings is 1. The molecule has 11 heteroatoms. The van der Waals surface area contributed by atoms with E-state index in [1.165, 1.54) is 17.8 Å². The summed E-state index contributed by atoms with van der Waals surface area (Å²) in [6, 6.07) is 13.0. The highest BCUT2D eigenvalue weighted by atomic mass is 32.2. The first-order valence-electron chi connectivity index (χ1n) is 10.7. The Balaban J connectivity index is 1.25. The van der Waals surface area contributed by atoms with E-state index in [1.807, 2.05) is 36.1 Å². The molecule has 5 rings (SSSR count). The highest BCUT2D eigenvalue weighted by Gasteiger charge is 2.31. The van der Waals surface area contributed by atoms with E-state index in [9.17, 15) is 18.0 Å². The van der Waals surface area contributed by atoms with Crippen LogP contribution in [0.15, 0.2) is 53.7 Å². The Hall–Kier alpha value is -3.34. The molecule has 0 unspecified atom stereocenters. The van der Waals surface area contributed by atoms with Gasteiger partial charge in [0.25, 0.3) is 0 Å². The number of carbonyl (C=O) groups excluding carboxylic acids is 1. The van der Waals surface area contributed by atoms with Crippen molar-refractivity contribution in [2.24, 2.45) is 0 Å². The van der Waals surface area contributed by atoms with Crippen LogP contribution in [-0.4, -0.2) is 62.3 Å². The molecule has 34 heavy (non-hydrogen) atoms. The Kier molecular flexibility index (Phi) is 5.80. The minimum Gasteiger partial charge on any atom is -0.368 e. The van der Waals surface area contributed by atoms with Crippen LogP contribution in [0.3, 0.4) is 0 Å². The standard InChI is InChI=1S/C23H21F3N6OS/c1-15-27-21-18-7-2-3-8-19(18)28-22(32(21)29-15)34-14-20(33)31-11-9-30(10-12-31)17-6-4-5-16(13-17)23(24,25)26/h2-8,13H,9-12,14H2,1H3. The summed E-state index contributed by atoms with van der Waals surface area (Å²) in [4.78, 5) is 25.7. The largest absolute Gasteiger partial charge is 0.416 e. The summed E-state index contributed by atoms with van der Waals surface area (Å²) in [7, 11) is 0. The highest BCUT2D eigenvalue weighted by molar-refractivity contribution is 7.99. The van der Waals surface area contributed by atoms with Gasteiger partial charge in [-0.25, -0.2) is 9.97 Å². The van der Waals surface area contributed by atoms with E-state index >= 15 is 0 Å². The smallest absolute Gasteiger partial charge is 0.368 e. The monoisotopic (exact) mass is 486 g/mol. The van der Waals surface area contributed by atoms with E-state index < -0.39 is 11.7 Å². The third-order valence-electron chi connectivity index (χ3n) is 5.75. The molecule has 0 atom stereocenters. The molecule has 1 aliphatic heterocycles. The quantitative estimate of drug-likeness (QED) is 0.320. The van der Waals surface area contributed by atoms with E-state index in [4.69, 9.17) is 0 Å². The van der Waals surface area contributed by atoms with Gasteiger partial charge < -0.3 is 9.80 Å². The van der Waals surface area contributed by atoms with E-state index in [0.717, 1.165) is 23.0 Å². The Labute approximate surface area is 197 Å². The molecule has 3 heterocycles. The van der Waals surface area contributed by atoms with Gasteiger partial charge in [0.2, 0.25) is 5.91 Å². The maximum atomic E-state index is 13.0. The molecule has 7 nitrogen and oxygen atoms in total. The second-order valence-corrected chi connectivity index (χ2v) is 8.95. The maximum Gasteiger partial charge on any atom is 0.416 e. The molecule has 0 spiro atoms. The van der Waals surface area contributed by atoms with Crippen molar-refractivity contribution in [2.45, 2.75) is 18.3 Å². The zero-order chi connectivity index (χ0) is 23.9. The summed E-state index contributed by atoms with van der Waals surface area (Å²) in [5.74, 6) is 0.758. The average Bonchev–Trinajstić information content (AvgIpc) is 3.24. The maximum absolute atomic E-state index is 13.0. The fourth-order valence-corrected chi connectivity index (χ4v) is 4.88. The number of aryl methyl sites for hydroxylation is 1. The zero-order valence-electron chi connectivity index (χ0n) is 18.3. The van der Waals surface area contributed by atoms with Crippen LogP contribution in [0.2, 0.25) is 0 Å². The number of thioether (sulfide) groups is 1. The Bertz CT molecular complexity index is 1360. The number of carbonyl (C=O) groups is 1. The predicted molar refractivity (Wildman–Crippen MR) is 124 cm³/mol. The van der Waals surface area contributed by atoms with Gasteiger partial charge in [0.05, 0.1) is 16.8 Å². The SMILES string of the molecule is Cc1nc2c3ccccc3nc(SCC(=O)N3CCN(c4cccc(C(F)(F)F)c4)CC3)n2n1. The molecule has 1 fully saturated rings. The van der Waals surface area contributed by atoms with Crippen LogP contribution >= 0.6 is 11.8 Å². The van der Waals surface area contributed by atoms with Crippen LogP contribution in [0.5, 0.6) is 0 Å². The van der Waals surface area contributed by atoms with Gasteiger partial charge in [0.15, 0.2) is 10.8 Å². The number of hydrogen-bond acceptors (Lipinski definition) is 6. The number of anilines is 1. The summed E-state index contributed by atoms with van der Waals surface area (Å²) in [6.07, 6.45) is -4.38. The molecule has 1 amide bonds. The normalized spacial score (nSPS) is 14.8. The van der Waals surface area contributed by atoms with Gasteiger partial charge in [-0.1, -0.05) is 30.0 Å². The van der Waals surface area contributed by atoms with Crippen LogP contribution in [0.1, 0.15) is 11.4 Å².